The van der Waals surface area contributed by atoms with E-state index < -0.39 is 0 Å². The average Bonchev–Trinajstić information content (AvgIpc) is 3.08. The number of Topliss-reactive ketones (excluding diaryl/α,β-unsaturated/α-hetero) is 1. The van der Waals surface area contributed by atoms with E-state index in [0.717, 1.165) is 17.7 Å². The number of rotatable bonds is 11. The van der Waals surface area contributed by atoms with Crippen LogP contribution in [0.4, 0.5) is 4.79 Å². The van der Waals surface area contributed by atoms with Crippen LogP contribution in [0.2, 0.25) is 0 Å². The van der Waals surface area contributed by atoms with Crippen molar-refractivity contribution in [2.24, 2.45) is 0 Å². The molecular formula is C23H27NO5. The maximum atomic E-state index is 12.0. The van der Waals surface area contributed by atoms with E-state index in [1.165, 1.54) is 0 Å². The van der Waals surface area contributed by atoms with Gasteiger partial charge in [-0.15, -0.1) is 0 Å². The van der Waals surface area contributed by atoms with Gasteiger partial charge in [0.15, 0.2) is 6.10 Å². The zero-order valence-corrected chi connectivity index (χ0v) is 16.7. The smallest absolute Gasteiger partial charge is 0.410 e. The molecule has 0 aromatic heterocycles. The molecule has 1 aliphatic heterocycles. The Morgan fingerprint density at radius 2 is 1.79 bits per heavy atom. The molecule has 1 aliphatic rings. The van der Waals surface area contributed by atoms with Crippen LogP contribution in [0, 0.1) is 0 Å². The molecule has 0 saturated carbocycles. The summed E-state index contributed by atoms with van der Waals surface area (Å²) in [6.07, 6.45) is 1.31. The van der Waals surface area contributed by atoms with Gasteiger partial charge in [0.05, 0.1) is 13.1 Å². The highest BCUT2D eigenvalue weighted by Gasteiger charge is 2.31. The minimum absolute atomic E-state index is 0.250. The van der Waals surface area contributed by atoms with E-state index >= 15 is 0 Å². The molecule has 1 heterocycles. The van der Waals surface area contributed by atoms with Gasteiger partial charge < -0.3 is 19.1 Å². The molecule has 1 fully saturated rings. The van der Waals surface area contributed by atoms with Gasteiger partial charge >= 0.3 is 6.09 Å². The van der Waals surface area contributed by atoms with Crippen molar-refractivity contribution in [1.82, 2.24) is 4.90 Å². The predicted molar refractivity (Wildman–Crippen MR) is 109 cm³/mol. The molecule has 2 aromatic carbocycles. The highest BCUT2D eigenvalue weighted by atomic mass is 16.6. The first-order valence-corrected chi connectivity index (χ1v) is 10.0. The van der Waals surface area contributed by atoms with Gasteiger partial charge in [0.25, 0.3) is 0 Å². The van der Waals surface area contributed by atoms with Crippen LogP contribution in [0.1, 0.15) is 25.3 Å². The quantitative estimate of drug-likeness (QED) is 0.576. The van der Waals surface area contributed by atoms with Gasteiger partial charge in [-0.3, -0.25) is 4.79 Å². The Labute approximate surface area is 171 Å². The highest BCUT2D eigenvalue weighted by Crippen LogP contribution is 2.16. The lowest BCUT2D eigenvalue weighted by atomic mass is 10.1. The van der Waals surface area contributed by atoms with Crippen molar-refractivity contribution < 1.29 is 23.8 Å². The molecule has 1 unspecified atom stereocenters. The molecule has 6 heteroatoms. The fourth-order valence-electron chi connectivity index (χ4n) is 3.12. The van der Waals surface area contributed by atoms with Gasteiger partial charge in [-0.2, -0.15) is 0 Å². The maximum absolute atomic E-state index is 12.0. The van der Waals surface area contributed by atoms with E-state index in [1.807, 2.05) is 61.5 Å². The second-order valence-corrected chi connectivity index (χ2v) is 7.03. The fraction of sp³-hybridized carbons (Fsp3) is 0.391. The first kappa shape index (κ1) is 20.7. The van der Waals surface area contributed by atoms with E-state index in [9.17, 15) is 9.59 Å². The molecule has 29 heavy (non-hydrogen) atoms. The van der Waals surface area contributed by atoms with Crippen LogP contribution >= 0.6 is 0 Å². The van der Waals surface area contributed by atoms with E-state index in [-0.39, 0.29) is 18.0 Å². The second kappa shape index (κ2) is 10.5. The van der Waals surface area contributed by atoms with Crippen molar-refractivity contribution in [3.63, 3.8) is 0 Å². The SMILES string of the molecule is CCCC(=O)Cc1ccc(OCCN2CC(COc3ccccc3)OC2=O)cc1. The summed E-state index contributed by atoms with van der Waals surface area (Å²) in [5.74, 6) is 1.72. The molecule has 0 N–H and O–H groups in total. The molecule has 0 spiro atoms. The minimum Gasteiger partial charge on any atom is -0.492 e. The lowest BCUT2D eigenvalue weighted by Gasteiger charge is -2.14. The third kappa shape index (κ3) is 6.52. The van der Waals surface area contributed by atoms with Crippen LogP contribution in [0.25, 0.3) is 0 Å². The standard InChI is InChI=1S/C23H27NO5/c1-2-6-19(25)15-18-9-11-21(12-10-18)27-14-13-24-16-22(29-23(24)26)17-28-20-7-4-3-5-8-20/h3-5,7-12,22H,2,6,13-17H2,1H3. The average molecular weight is 397 g/mol. The number of ether oxygens (including phenoxy) is 3. The van der Waals surface area contributed by atoms with Crippen molar-refractivity contribution in [1.29, 1.82) is 0 Å². The summed E-state index contributed by atoms with van der Waals surface area (Å²) >= 11 is 0. The Hall–Kier alpha value is -3.02. The van der Waals surface area contributed by atoms with E-state index in [4.69, 9.17) is 14.2 Å². The molecule has 154 valence electrons. The Morgan fingerprint density at radius 1 is 1.07 bits per heavy atom. The molecule has 2 aromatic rings. The fourth-order valence-corrected chi connectivity index (χ4v) is 3.12. The van der Waals surface area contributed by atoms with Gasteiger partial charge in [-0.05, 0) is 36.2 Å². The zero-order chi connectivity index (χ0) is 20.5. The number of benzene rings is 2. The third-order valence-electron chi connectivity index (χ3n) is 4.61. The second-order valence-electron chi connectivity index (χ2n) is 7.03. The number of carbonyl (C=O) groups is 2. The van der Waals surface area contributed by atoms with Crippen LogP contribution in [-0.2, 0) is 16.0 Å². The van der Waals surface area contributed by atoms with Gasteiger partial charge in [0, 0.05) is 12.8 Å². The highest BCUT2D eigenvalue weighted by molar-refractivity contribution is 5.80. The molecule has 1 atom stereocenters. The van der Waals surface area contributed by atoms with Crippen molar-refractivity contribution in [3.05, 3.63) is 60.2 Å². The molecule has 6 nitrogen and oxygen atoms in total. The number of nitrogens with zero attached hydrogens (tertiary/aromatic N) is 1. The Morgan fingerprint density at radius 3 is 2.52 bits per heavy atom. The van der Waals surface area contributed by atoms with Gasteiger partial charge in [-0.1, -0.05) is 37.3 Å². The number of ketones is 1. The Balaban J connectivity index is 1.37. The molecule has 1 amide bonds. The molecule has 0 aliphatic carbocycles. The lowest BCUT2D eigenvalue weighted by Crippen LogP contribution is -2.30. The van der Waals surface area contributed by atoms with Crippen LogP contribution in [0.3, 0.4) is 0 Å². The molecular weight excluding hydrogens is 370 g/mol. The van der Waals surface area contributed by atoms with Crippen LogP contribution < -0.4 is 9.47 Å². The number of hydrogen-bond donors (Lipinski definition) is 0. The topological polar surface area (TPSA) is 65.1 Å². The summed E-state index contributed by atoms with van der Waals surface area (Å²) in [6.45, 7) is 3.62. The Kier molecular flexibility index (Phi) is 7.50. The lowest BCUT2D eigenvalue weighted by molar-refractivity contribution is -0.118. The maximum Gasteiger partial charge on any atom is 0.410 e. The number of cyclic esters (lactones) is 1. The van der Waals surface area contributed by atoms with Gasteiger partial charge in [0.2, 0.25) is 0 Å². The van der Waals surface area contributed by atoms with Crippen LogP contribution in [-0.4, -0.2) is 49.2 Å². The van der Waals surface area contributed by atoms with Crippen molar-refractivity contribution in [2.45, 2.75) is 32.3 Å². The van der Waals surface area contributed by atoms with Crippen LogP contribution in [0.15, 0.2) is 54.6 Å². The number of para-hydroxylation sites is 1. The van der Waals surface area contributed by atoms with Crippen molar-refractivity contribution in [3.8, 4) is 11.5 Å². The summed E-state index contributed by atoms with van der Waals surface area (Å²) in [5.41, 5.74) is 0.986. The van der Waals surface area contributed by atoms with E-state index in [2.05, 4.69) is 0 Å². The number of carbonyl (C=O) groups excluding carboxylic acids is 2. The zero-order valence-electron chi connectivity index (χ0n) is 16.7. The monoisotopic (exact) mass is 397 g/mol. The molecule has 1 saturated heterocycles. The molecule has 3 rings (SSSR count). The van der Waals surface area contributed by atoms with Crippen molar-refractivity contribution >= 4 is 11.9 Å². The summed E-state index contributed by atoms with van der Waals surface area (Å²) in [5, 5.41) is 0. The van der Waals surface area contributed by atoms with Crippen molar-refractivity contribution in [2.75, 3.05) is 26.3 Å². The number of amides is 1. The molecule has 0 radical (unpaired) electrons. The largest absolute Gasteiger partial charge is 0.492 e. The minimum atomic E-state index is -0.347. The van der Waals surface area contributed by atoms with Crippen LogP contribution in [0.5, 0.6) is 11.5 Å². The van der Waals surface area contributed by atoms with E-state index in [1.54, 1.807) is 4.90 Å². The summed E-state index contributed by atoms with van der Waals surface area (Å²) in [4.78, 5) is 25.3. The Bertz CT molecular complexity index is 791. The first-order valence-electron chi connectivity index (χ1n) is 10.0. The normalized spacial score (nSPS) is 15.8. The molecule has 0 bridgehead atoms. The number of hydrogen-bond acceptors (Lipinski definition) is 5. The third-order valence-corrected chi connectivity index (χ3v) is 4.61. The van der Waals surface area contributed by atoms with E-state index in [0.29, 0.717) is 44.9 Å². The summed E-state index contributed by atoms with van der Waals surface area (Å²) in [7, 11) is 0. The first-order chi connectivity index (χ1) is 14.1. The predicted octanol–water partition coefficient (Wildman–Crippen LogP) is 3.88. The van der Waals surface area contributed by atoms with Gasteiger partial charge in [0.1, 0.15) is 30.5 Å². The van der Waals surface area contributed by atoms with Gasteiger partial charge in [-0.25, -0.2) is 4.79 Å². The summed E-state index contributed by atoms with van der Waals surface area (Å²) in [6, 6.07) is 17.0. The summed E-state index contributed by atoms with van der Waals surface area (Å²) < 4.78 is 16.7.